The summed E-state index contributed by atoms with van der Waals surface area (Å²) >= 11 is 0. The summed E-state index contributed by atoms with van der Waals surface area (Å²) in [6.45, 7) is 7.84. The second-order valence-electron chi connectivity index (χ2n) is 10.1. The summed E-state index contributed by atoms with van der Waals surface area (Å²) in [6.07, 6.45) is 5.54. The normalized spacial score (nSPS) is 25.8. The maximum atomic E-state index is 12.9. The summed E-state index contributed by atoms with van der Waals surface area (Å²) in [5, 5.41) is 5.78. The van der Waals surface area contributed by atoms with Crippen LogP contribution in [0.4, 0.5) is 4.79 Å². The minimum Gasteiger partial charge on any atom is -0.350 e. The first-order valence-electron chi connectivity index (χ1n) is 12.1. The summed E-state index contributed by atoms with van der Waals surface area (Å²) in [6, 6.07) is 7.73. The number of urea groups is 1. The van der Waals surface area contributed by atoms with Crippen LogP contribution >= 0.6 is 0 Å². The molecule has 0 radical (unpaired) electrons. The van der Waals surface area contributed by atoms with Gasteiger partial charge in [-0.3, -0.25) is 19.4 Å². The van der Waals surface area contributed by atoms with Crippen LogP contribution < -0.4 is 10.6 Å². The Bertz CT molecular complexity index is 854. The molecule has 3 aliphatic rings. The largest absolute Gasteiger partial charge is 0.350 e. The predicted octanol–water partition coefficient (Wildman–Crippen LogP) is 3.04. The van der Waals surface area contributed by atoms with Crippen molar-refractivity contribution in [3.05, 3.63) is 35.4 Å². The number of benzene rings is 1. The summed E-state index contributed by atoms with van der Waals surface area (Å²) in [7, 11) is 0. The lowest BCUT2D eigenvalue weighted by molar-refractivity contribution is -0.135. The summed E-state index contributed by atoms with van der Waals surface area (Å²) in [4.78, 5) is 41.5. The molecule has 2 N–H and O–H groups in total. The lowest BCUT2D eigenvalue weighted by Crippen LogP contribution is -2.49. The van der Waals surface area contributed by atoms with E-state index in [-0.39, 0.29) is 18.4 Å². The van der Waals surface area contributed by atoms with E-state index >= 15 is 0 Å². The first-order valence-corrected chi connectivity index (χ1v) is 12.1. The van der Waals surface area contributed by atoms with Crippen LogP contribution in [0.3, 0.4) is 0 Å². The Morgan fingerprint density at radius 1 is 1.06 bits per heavy atom. The van der Waals surface area contributed by atoms with Crippen LogP contribution in [-0.2, 0) is 22.7 Å². The van der Waals surface area contributed by atoms with E-state index in [1.54, 1.807) is 0 Å². The number of carbonyl (C=O) groups is 3. The molecular weight excluding hydrogens is 404 g/mol. The zero-order chi connectivity index (χ0) is 22.7. The van der Waals surface area contributed by atoms with Crippen LogP contribution in [-0.4, -0.2) is 52.8 Å². The molecule has 1 aliphatic carbocycles. The molecule has 7 heteroatoms. The molecule has 1 spiro atoms. The maximum absolute atomic E-state index is 12.9. The Balaban J connectivity index is 1.33. The van der Waals surface area contributed by atoms with Gasteiger partial charge in [-0.15, -0.1) is 0 Å². The number of rotatable bonds is 6. The van der Waals surface area contributed by atoms with Crippen molar-refractivity contribution in [2.24, 2.45) is 11.8 Å². The molecule has 2 saturated heterocycles. The number of imide groups is 1. The van der Waals surface area contributed by atoms with Gasteiger partial charge < -0.3 is 10.6 Å². The molecule has 2 atom stereocenters. The second kappa shape index (κ2) is 9.61. The van der Waals surface area contributed by atoms with Gasteiger partial charge in [-0.05, 0) is 42.2 Å². The van der Waals surface area contributed by atoms with E-state index in [9.17, 15) is 14.4 Å². The highest BCUT2D eigenvalue weighted by atomic mass is 16.2. The Kier molecular flexibility index (Phi) is 6.84. The number of nitrogens with zero attached hydrogens (tertiary/aromatic N) is 2. The van der Waals surface area contributed by atoms with Crippen LogP contribution in [0.5, 0.6) is 0 Å². The highest BCUT2D eigenvalue weighted by Gasteiger charge is 2.51. The molecule has 4 amide bonds. The van der Waals surface area contributed by atoms with Crippen molar-refractivity contribution in [3.8, 4) is 0 Å². The van der Waals surface area contributed by atoms with E-state index in [1.807, 2.05) is 18.2 Å². The standard InChI is InChI=1S/C25H36N4O3/c1-18-12-19(2)15-28(14-18)16-21-9-5-4-8-20(21)13-26-22(30)17-29-23(31)25(27-24(29)32)10-6-3-7-11-25/h4-5,8-9,18-19H,3,6-7,10-17H2,1-2H3,(H,26,30)(H,27,32). The van der Waals surface area contributed by atoms with Crippen molar-refractivity contribution in [2.45, 2.75) is 71.0 Å². The van der Waals surface area contributed by atoms with E-state index in [0.717, 1.165) is 49.4 Å². The van der Waals surface area contributed by atoms with Crippen LogP contribution in [0, 0.1) is 11.8 Å². The molecule has 4 rings (SSSR count). The molecule has 2 aliphatic heterocycles. The van der Waals surface area contributed by atoms with Crippen LogP contribution in [0.1, 0.15) is 63.5 Å². The van der Waals surface area contributed by atoms with Gasteiger partial charge in [0.1, 0.15) is 12.1 Å². The van der Waals surface area contributed by atoms with Crippen LogP contribution in [0.25, 0.3) is 0 Å². The zero-order valence-electron chi connectivity index (χ0n) is 19.4. The average molecular weight is 441 g/mol. The van der Waals surface area contributed by atoms with Crippen molar-refractivity contribution in [3.63, 3.8) is 0 Å². The van der Waals surface area contributed by atoms with Gasteiger partial charge in [0.25, 0.3) is 5.91 Å². The van der Waals surface area contributed by atoms with Gasteiger partial charge >= 0.3 is 6.03 Å². The Hall–Kier alpha value is -2.41. The van der Waals surface area contributed by atoms with Crippen molar-refractivity contribution >= 4 is 17.8 Å². The van der Waals surface area contributed by atoms with Gasteiger partial charge in [0, 0.05) is 26.2 Å². The molecule has 2 heterocycles. The Labute approximate surface area is 190 Å². The molecule has 3 fully saturated rings. The molecule has 0 bridgehead atoms. The van der Waals surface area contributed by atoms with Gasteiger partial charge in [0.15, 0.2) is 0 Å². The number of hydrogen-bond acceptors (Lipinski definition) is 4. The number of hydrogen-bond donors (Lipinski definition) is 2. The van der Waals surface area contributed by atoms with Crippen LogP contribution in [0.2, 0.25) is 0 Å². The SMILES string of the molecule is CC1CC(C)CN(Cc2ccccc2CNC(=O)CN2C(=O)NC3(CCCCC3)C2=O)C1. The van der Waals surface area contributed by atoms with E-state index in [0.29, 0.717) is 31.2 Å². The van der Waals surface area contributed by atoms with Crippen molar-refractivity contribution in [1.82, 2.24) is 20.4 Å². The second-order valence-corrected chi connectivity index (χ2v) is 10.1. The Morgan fingerprint density at radius 3 is 2.41 bits per heavy atom. The van der Waals surface area contributed by atoms with E-state index < -0.39 is 11.6 Å². The van der Waals surface area contributed by atoms with Gasteiger partial charge in [0.05, 0.1) is 0 Å². The quantitative estimate of drug-likeness (QED) is 0.666. The zero-order valence-corrected chi connectivity index (χ0v) is 19.4. The first-order chi connectivity index (χ1) is 15.4. The molecule has 1 saturated carbocycles. The molecule has 174 valence electrons. The maximum Gasteiger partial charge on any atom is 0.325 e. The third kappa shape index (κ3) is 4.98. The van der Waals surface area contributed by atoms with Crippen molar-refractivity contribution in [2.75, 3.05) is 19.6 Å². The molecule has 32 heavy (non-hydrogen) atoms. The smallest absolute Gasteiger partial charge is 0.325 e. The molecule has 7 nitrogen and oxygen atoms in total. The summed E-state index contributed by atoms with van der Waals surface area (Å²) < 4.78 is 0. The number of amides is 4. The first kappa shape index (κ1) is 22.8. The fourth-order valence-electron chi connectivity index (χ4n) is 5.75. The van der Waals surface area contributed by atoms with E-state index in [2.05, 4.69) is 35.4 Å². The number of piperidine rings is 1. The summed E-state index contributed by atoms with van der Waals surface area (Å²) in [5.41, 5.74) is 1.50. The molecule has 1 aromatic rings. The average Bonchev–Trinajstić information content (AvgIpc) is 2.97. The van der Waals surface area contributed by atoms with Gasteiger partial charge in [-0.2, -0.15) is 0 Å². The third-order valence-corrected chi connectivity index (χ3v) is 7.19. The number of likely N-dealkylation sites (tertiary alicyclic amines) is 1. The topological polar surface area (TPSA) is 81.8 Å². The minimum absolute atomic E-state index is 0.226. The molecular formula is C25H36N4O3. The van der Waals surface area contributed by atoms with Gasteiger partial charge in [-0.25, -0.2) is 4.79 Å². The lowest BCUT2D eigenvalue weighted by atomic mass is 9.82. The van der Waals surface area contributed by atoms with Crippen molar-refractivity contribution < 1.29 is 14.4 Å². The fraction of sp³-hybridized carbons (Fsp3) is 0.640. The summed E-state index contributed by atoms with van der Waals surface area (Å²) in [5.74, 6) is 0.840. The fourth-order valence-corrected chi connectivity index (χ4v) is 5.75. The molecule has 2 unspecified atom stereocenters. The van der Waals surface area contributed by atoms with Crippen molar-refractivity contribution in [1.29, 1.82) is 0 Å². The lowest BCUT2D eigenvalue weighted by Gasteiger charge is -2.35. The monoisotopic (exact) mass is 440 g/mol. The predicted molar refractivity (Wildman–Crippen MR) is 123 cm³/mol. The molecule has 0 aromatic heterocycles. The Morgan fingerprint density at radius 2 is 1.72 bits per heavy atom. The number of nitrogens with one attached hydrogen (secondary N) is 2. The minimum atomic E-state index is -0.787. The number of carbonyl (C=O) groups excluding carboxylic acids is 3. The van der Waals surface area contributed by atoms with E-state index in [4.69, 9.17) is 0 Å². The van der Waals surface area contributed by atoms with Crippen LogP contribution in [0.15, 0.2) is 24.3 Å². The highest BCUT2D eigenvalue weighted by Crippen LogP contribution is 2.33. The van der Waals surface area contributed by atoms with Gasteiger partial charge in [-0.1, -0.05) is 57.4 Å². The third-order valence-electron chi connectivity index (χ3n) is 7.19. The van der Waals surface area contributed by atoms with Gasteiger partial charge in [0.2, 0.25) is 5.91 Å². The van der Waals surface area contributed by atoms with E-state index in [1.165, 1.54) is 12.0 Å². The highest BCUT2D eigenvalue weighted by molar-refractivity contribution is 6.09. The molecule has 1 aromatic carbocycles.